The van der Waals surface area contributed by atoms with Crippen LogP contribution in [0.3, 0.4) is 0 Å². The molecule has 20 heavy (non-hydrogen) atoms. The van der Waals surface area contributed by atoms with Crippen LogP contribution in [0.2, 0.25) is 10.0 Å². The lowest BCUT2D eigenvalue weighted by molar-refractivity contribution is 0.200. The fraction of sp³-hybridized carbons (Fsp3) is 0.200. The molecule has 0 saturated heterocycles. The van der Waals surface area contributed by atoms with E-state index in [0.717, 1.165) is 14.9 Å². The van der Waals surface area contributed by atoms with Crippen molar-refractivity contribution < 1.29 is 5.11 Å². The van der Waals surface area contributed by atoms with Gasteiger partial charge in [-0.1, -0.05) is 51.3 Å². The van der Waals surface area contributed by atoms with Crippen LogP contribution in [-0.2, 0) is 6.42 Å². The van der Waals surface area contributed by atoms with Crippen molar-refractivity contribution in [2.24, 2.45) is 0 Å². The van der Waals surface area contributed by atoms with Crippen molar-refractivity contribution >= 4 is 50.9 Å². The maximum absolute atomic E-state index is 10.1. The van der Waals surface area contributed by atoms with Crippen LogP contribution < -0.4 is 0 Å². The molecular formula is C15H13BrCl2OS. The van der Waals surface area contributed by atoms with Gasteiger partial charge in [0.25, 0.3) is 0 Å². The lowest BCUT2D eigenvalue weighted by Gasteiger charge is -2.11. The molecule has 1 N–H and O–H groups in total. The number of halogens is 3. The third-order valence-electron chi connectivity index (χ3n) is 2.69. The van der Waals surface area contributed by atoms with Crippen LogP contribution in [0, 0.1) is 0 Å². The molecule has 0 radical (unpaired) electrons. The zero-order valence-electron chi connectivity index (χ0n) is 10.5. The van der Waals surface area contributed by atoms with Crippen LogP contribution in [0.15, 0.2) is 51.8 Å². The average molecular weight is 392 g/mol. The van der Waals surface area contributed by atoms with Gasteiger partial charge in [0.2, 0.25) is 0 Å². The molecule has 0 fully saturated rings. The average Bonchev–Trinajstić information content (AvgIpc) is 2.41. The van der Waals surface area contributed by atoms with E-state index >= 15 is 0 Å². The molecule has 0 aromatic heterocycles. The Kier molecular flexibility index (Phi) is 6.24. The Morgan fingerprint density at radius 2 is 1.90 bits per heavy atom. The molecule has 0 spiro atoms. The van der Waals surface area contributed by atoms with Gasteiger partial charge < -0.3 is 5.11 Å². The van der Waals surface area contributed by atoms with E-state index in [0.29, 0.717) is 22.2 Å². The number of aliphatic hydroxyl groups is 1. The van der Waals surface area contributed by atoms with Crippen molar-refractivity contribution in [3.63, 3.8) is 0 Å². The smallest absolute Gasteiger partial charge is 0.0674 e. The monoisotopic (exact) mass is 390 g/mol. The molecule has 0 aliphatic heterocycles. The first-order chi connectivity index (χ1) is 9.54. The van der Waals surface area contributed by atoms with E-state index in [-0.39, 0.29) is 0 Å². The van der Waals surface area contributed by atoms with E-state index in [2.05, 4.69) is 15.9 Å². The molecule has 2 aromatic rings. The molecule has 0 aliphatic carbocycles. The van der Waals surface area contributed by atoms with Gasteiger partial charge in [-0.25, -0.2) is 0 Å². The molecule has 0 heterocycles. The quantitative estimate of drug-likeness (QED) is 0.683. The first kappa shape index (κ1) is 16.2. The Balaban J connectivity index is 1.89. The highest BCUT2D eigenvalue weighted by atomic mass is 79.9. The van der Waals surface area contributed by atoms with Crippen molar-refractivity contribution in [1.82, 2.24) is 0 Å². The van der Waals surface area contributed by atoms with Crippen LogP contribution in [0.1, 0.15) is 5.56 Å². The summed E-state index contributed by atoms with van der Waals surface area (Å²) in [6.07, 6.45) is 0.147. The van der Waals surface area contributed by atoms with Gasteiger partial charge in [0.05, 0.1) is 16.1 Å². The summed E-state index contributed by atoms with van der Waals surface area (Å²) in [5, 5.41) is 11.1. The molecule has 1 unspecified atom stereocenters. The predicted molar refractivity (Wildman–Crippen MR) is 91.0 cm³/mol. The molecule has 2 aromatic carbocycles. The van der Waals surface area contributed by atoms with Gasteiger partial charge in [0.1, 0.15) is 0 Å². The maximum atomic E-state index is 10.1. The highest BCUT2D eigenvalue weighted by Crippen LogP contribution is 2.25. The maximum Gasteiger partial charge on any atom is 0.0674 e. The third-order valence-corrected chi connectivity index (χ3v) is 5.06. The van der Waals surface area contributed by atoms with Gasteiger partial charge in [-0.15, -0.1) is 11.8 Å². The molecule has 0 amide bonds. The lowest BCUT2D eigenvalue weighted by Crippen LogP contribution is -2.13. The van der Waals surface area contributed by atoms with E-state index in [1.807, 2.05) is 30.3 Å². The normalized spacial score (nSPS) is 12.4. The summed E-state index contributed by atoms with van der Waals surface area (Å²) in [4.78, 5) is 1.13. The van der Waals surface area contributed by atoms with Crippen molar-refractivity contribution in [2.75, 3.05) is 5.75 Å². The van der Waals surface area contributed by atoms with E-state index < -0.39 is 6.10 Å². The molecule has 0 saturated carbocycles. The second kappa shape index (κ2) is 7.71. The van der Waals surface area contributed by atoms with Crippen LogP contribution in [0.5, 0.6) is 0 Å². The summed E-state index contributed by atoms with van der Waals surface area (Å²) in [5.41, 5.74) is 0.988. The zero-order valence-corrected chi connectivity index (χ0v) is 14.4. The summed E-state index contributed by atoms with van der Waals surface area (Å²) in [5.74, 6) is 0.636. The van der Waals surface area contributed by atoms with Gasteiger partial charge in [-0.2, -0.15) is 0 Å². The summed E-state index contributed by atoms with van der Waals surface area (Å²) >= 11 is 16.9. The zero-order chi connectivity index (χ0) is 14.5. The van der Waals surface area contributed by atoms with Gasteiger partial charge in [-0.3, -0.25) is 0 Å². The Morgan fingerprint density at radius 1 is 1.10 bits per heavy atom. The molecule has 0 aliphatic rings. The molecular weight excluding hydrogens is 379 g/mol. The predicted octanol–water partition coefficient (Wildman–Crippen LogP) is 5.45. The lowest BCUT2D eigenvalue weighted by atomic mass is 10.1. The minimum Gasteiger partial charge on any atom is -0.392 e. The van der Waals surface area contributed by atoms with E-state index in [9.17, 15) is 5.11 Å². The molecule has 106 valence electrons. The first-order valence-corrected chi connectivity index (χ1v) is 8.58. The van der Waals surface area contributed by atoms with Crippen molar-refractivity contribution in [3.8, 4) is 0 Å². The summed E-state index contributed by atoms with van der Waals surface area (Å²) in [6, 6.07) is 13.5. The van der Waals surface area contributed by atoms with Gasteiger partial charge in [-0.05, 0) is 42.3 Å². The summed E-state index contributed by atoms with van der Waals surface area (Å²) < 4.78 is 1.04. The van der Waals surface area contributed by atoms with Gasteiger partial charge in [0.15, 0.2) is 0 Å². The number of thioether (sulfide) groups is 1. The number of benzene rings is 2. The van der Waals surface area contributed by atoms with Crippen molar-refractivity contribution in [1.29, 1.82) is 0 Å². The van der Waals surface area contributed by atoms with Crippen LogP contribution in [0.4, 0.5) is 0 Å². The molecule has 1 atom stereocenters. The first-order valence-electron chi connectivity index (χ1n) is 6.05. The molecule has 0 bridgehead atoms. The molecule has 2 rings (SSSR count). The highest BCUT2D eigenvalue weighted by molar-refractivity contribution is 9.10. The number of aliphatic hydroxyl groups excluding tert-OH is 1. The summed E-state index contributed by atoms with van der Waals surface area (Å²) in [6.45, 7) is 0. The highest BCUT2D eigenvalue weighted by Gasteiger charge is 2.08. The number of hydrogen-bond acceptors (Lipinski definition) is 2. The molecule has 1 nitrogen and oxygen atoms in total. The van der Waals surface area contributed by atoms with E-state index in [1.165, 1.54) is 0 Å². The third kappa shape index (κ3) is 4.97. The SMILES string of the molecule is OC(CSc1cccc(Br)c1)Cc1ccc(Cl)c(Cl)c1. The van der Waals surface area contributed by atoms with Crippen LogP contribution >= 0.6 is 50.9 Å². The Morgan fingerprint density at radius 3 is 2.60 bits per heavy atom. The fourth-order valence-corrected chi connectivity index (χ4v) is 3.51. The minimum atomic E-state index is -0.420. The minimum absolute atomic E-state index is 0.420. The fourth-order valence-electron chi connectivity index (χ4n) is 1.75. The Labute approximate surface area is 141 Å². The van der Waals surface area contributed by atoms with Gasteiger partial charge in [0, 0.05) is 15.1 Å². The van der Waals surface area contributed by atoms with Crippen LogP contribution in [0.25, 0.3) is 0 Å². The second-order valence-corrected chi connectivity index (χ2v) is 7.20. The van der Waals surface area contributed by atoms with Crippen LogP contribution in [-0.4, -0.2) is 17.0 Å². The second-order valence-electron chi connectivity index (χ2n) is 4.37. The van der Waals surface area contributed by atoms with Crippen molar-refractivity contribution in [3.05, 3.63) is 62.5 Å². The topological polar surface area (TPSA) is 20.2 Å². The standard InChI is InChI=1S/C15H13BrCl2OS/c16-11-2-1-3-13(8-11)20-9-12(19)6-10-4-5-14(17)15(18)7-10/h1-5,7-8,12,19H,6,9H2. The van der Waals surface area contributed by atoms with Crippen molar-refractivity contribution in [2.45, 2.75) is 17.4 Å². The number of hydrogen-bond donors (Lipinski definition) is 1. The Hall–Kier alpha value is -0.190. The largest absolute Gasteiger partial charge is 0.392 e. The Bertz CT molecular complexity index is 592. The number of rotatable bonds is 5. The summed E-state index contributed by atoms with van der Waals surface area (Å²) in [7, 11) is 0. The van der Waals surface area contributed by atoms with E-state index in [1.54, 1.807) is 23.9 Å². The molecule has 5 heteroatoms. The van der Waals surface area contributed by atoms with E-state index in [4.69, 9.17) is 23.2 Å². The van der Waals surface area contributed by atoms with Gasteiger partial charge >= 0.3 is 0 Å².